The van der Waals surface area contributed by atoms with Crippen LogP contribution < -0.4 is 10.6 Å². The maximum Gasteiger partial charge on any atom is 0.300 e. The minimum absolute atomic E-state index is 0.822. The Morgan fingerprint density at radius 3 is 1.00 bits per heavy atom. The first-order valence-corrected chi connectivity index (χ1v) is 11.3. The molecule has 0 spiro atoms. The zero-order valence-corrected chi connectivity index (χ0v) is 17.9. The Balaban J connectivity index is 0.000000420. The summed E-state index contributed by atoms with van der Waals surface area (Å²) >= 11 is 0. The molecule has 0 amide bonds. The van der Waals surface area contributed by atoms with Gasteiger partial charge in [0.25, 0.3) is 11.9 Å². The second kappa shape index (κ2) is 14.8. The predicted molar refractivity (Wildman–Crippen MR) is 113 cm³/mol. The number of rotatable bonds is 4. The molecule has 6 heteroatoms. The average Bonchev–Trinajstić information content (AvgIpc) is 2.64. The van der Waals surface area contributed by atoms with Gasteiger partial charge in [0.15, 0.2) is 0 Å². The van der Waals surface area contributed by atoms with E-state index < -0.39 is 11.9 Å². The van der Waals surface area contributed by atoms with E-state index in [1.165, 1.54) is 89.9 Å². The minimum Gasteiger partial charge on any atom is -0.481 e. The lowest BCUT2D eigenvalue weighted by Gasteiger charge is -2.36. The first-order chi connectivity index (χ1) is 13.4. The monoisotopic (exact) mass is 398 g/mol. The third-order valence-corrected chi connectivity index (χ3v) is 5.88. The van der Waals surface area contributed by atoms with E-state index in [0.717, 1.165) is 38.0 Å². The number of carbonyl (C=O) groups is 2. The molecule has 3 rings (SSSR count). The van der Waals surface area contributed by atoms with Crippen molar-refractivity contribution < 1.29 is 19.8 Å². The van der Waals surface area contributed by atoms with Gasteiger partial charge in [0.1, 0.15) is 0 Å². The number of carboxylic acid groups (broad SMARTS) is 2. The highest BCUT2D eigenvalue weighted by Gasteiger charge is 2.25. The molecule has 0 aromatic carbocycles. The number of hydrogen-bond donors (Lipinski definition) is 4. The van der Waals surface area contributed by atoms with Crippen LogP contribution in [0.1, 0.15) is 104 Å². The number of aliphatic carboxylic acids is 2. The summed E-state index contributed by atoms with van der Waals surface area (Å²) in [7, 11) is 0. The van der Waals surface area contributed by atoms with Crippen molar-refractivity contribution in [2.24, 2.45) is 0 Å². The summed E-state index contributed by atoms with van der Waals surface area (Å²) in [6.07, 6.45) is 20.1. The summed E-state index contributed by atoms with van der Waals surface area (Å²) in [5.74, 6) is -1.67. The lowest BCUT2D eigenvalue weighted by atomic mass is 9.87. The summed E-state index contributed by atoms with van der Waals surface area (Å²) in [5.41, 5.74) is 0. The van der Waals surface area contributed by atoms with Gasteiger partial charge in [-0.05, 0) is 51.4 Å². The number of carboxylic acids is 2. The van der Waals surface area contributed by atoms with E-state index in [2.05, 4.69) is 10.6 Å². The van der Waals surface area contributed by atoms with Crippen molar-refractivity contribution in [3.05, 3.63) is 0 Å². The fraction of sp³-hybridized carbons (Fsp3) is 0.909. The number of nitrogens with one attached hydrogen (secondary N) is 2. The van der Waals surface area contributed by atoms with E-state index in [9.17, 15) is 0 Å². The van der Waals surface area contributed by atoms with Crippen LogP contribution in [-0.2, 0) is 9.59 Å². The SMILES string of the molecule is C1CCC(NC2CCC(NC3CCCCC3)CC2)CC1.CC(=O)O.CC(=O)O. The third kappa shape index (κ3) is 13.1. The minimum atomic E-state index is -0.833. The van der Waals surface area contributed by atoms with Crippen molar-refractivity contribution in [1.29, 1.82) is 0 Å². The average molecular weight is 399 g/mol. The van der Waals surface area contributed by atoms with Crippen molar-refractivity contribution in [3.8, 4) is 0 Å². The molecule has 3 aliphatic carbocycles. The Kier molecular flexibility index (Phi) is 13.2. The number of hydrogen-bond acceptors (Lipinski definition) is 4. The molecule has 0 heterocycles. The maximum atomic E-state index is 9.00. The fourth-order valence-corrected chi connectivity index (χ4v) is 4.63. The van der Waals surface area contributed by atoms with Crippen LogP contribution in [-0.4, -0.2) is 46.3 Å². The maximum absolute atomic E-state index is 9.00. The second-order valence-corrected chi connectivity index (χ2v) is 8.59. The zero-order chi connectivity index (χ0) is 20.8. The molecule has 0 atom stereocenters. The summed E-state index contributed by atoms with van der Waals surface area (Å²) in [6.45, 7) is 2.17. The molecule has 0 bridgehead atoms. The van der Waals surface area contributed by atoms with Gasteiger partial charge in [0, 0.05) is 38.0 Å². The molecule has 28 heavy (non-hydrogen) atoms. The second-order valence-electron chi connectivity index (χ2n) is 8.59. The Hall–Kier alpha value is -1.14. The smallest absolute Gasteiger partial charge is 0.300 e. The molecule has 3 saturated carbocycles. The fourth-order valence-electron chi connectivity index (χ4n) is 4.63. The van der Waals surface area contributed by atoms with Crippen LogP contribution in [0.3, 0.4) is 0 Å². The van der Waals surface area contributed by atoms with Crippen molar-refractivity contribution in [2.45, 2.75) is 128 Å². The topological polar surface area (TPSA) is 98.7 Å². The standard InChI is InChI=1S/C18H34N2.2C2H4O2/c1-3-7-15(8-4-1)19-17-11-13-18(14-12-17)20-16-9-5-2-6-10-16;2*1-2(3)4/h15-20H,1-14H2;2*1H3,(H,3,4). The van der Waals surface area contributed by atoms with E-state index in [1.54, 1.807) is 0 Å². The van der Waals surface area contributed by atoms with Gasteiger partial charge in [-0.3, -0.25) is 9.59 Å². The van der Waals surface area contributed by atoms with Crippen LogP contribution in [0.15, 0.2) is 0 Å². The van der Waals surface area contributed by atoms with Crippen LogP contribution in [0.2, 0.25) is 0 Å². The van der Waals surface area contributed by atoms with Crippen LogP contribution in [0.4, 0.5) is 0 Å². The Morgan fingerprint density at radius 2 is 0.750 bits per heavy atom. The molecule has 6 nitrogen and oxygen atoms in total. The highest BCUT2D eigenvalue weighted by atomic mass is 16.4. The molecule has 164 valence electrons. The van der Waals surface area contributed by atoms with Crippen molar-refractivity contribution in [3.63, 3.8) is 0 Å². The molecular weight excluding hydrogens is 356 g/mol. The van der Waals surface area contributed by atoms with E-state index in [1.807, 2.05) is 0 Å². The molecule has 0 aliphatic heterocycles. The molecule has 0 unspecified atom stereocenters. The summed E-state index contributed by atoms with van der Waals surface area (Å²) in [4.78, 5) is 18.0. The van der Waals surface area contributed by atoms with Crippen molar-refractivity contribution in [1.82, 2.24) is 10.6 Å². The summed E-state index contributed by atoms with van der Waals surface area (Å²) in [6, 6.07) is 3.33. The molecule has 0 aromatic rings. The Labute approximate surface area is 170 Å². The largest absolute Gasteiger partial charge is 0.481 e. The van der Waals surface area contributed by atoms with Gasteiger partial charge in [-0.25, -0.2) is 0 Å². The van der Waals surface area contributed by atoms with Crippen molar-refractivity contribution in [2.75, 3.05) is 0 Å². The van der Waals surface area contributed by atoms with Crippen molar-refractivity contribution >= 4 is 11.9 Å². The first-order valence-electron chi connectivity index (χ1n) is 11.3. The van der Waals surface area contributed by atoms with E-state index in [-0.39, 0.29) is 0 Å². The van der Waals surface area contributed by atoms with Crippen LogP contribution in [0, 0.1) is 0 Å². The third-order valence-electron chi connectivity index (χ3n) is 5.88. The molecule has 0 saturated heterocycles. The normalized spacial score (nSPS) is 26.2. The lowest BCUT2D eigenvalue weighted by Crippen LogP contribution is -2.46. The van der Waals surface area contributed by atoms with E-state index in [0.29, 0.717) is 0 Å². The van der Waals surface area contributed by atoms with Gasteiger partial charge in [-0.1, -0.05) is 38.5 Å². The summed E-state index contributed by atoms with van der Waals surface area (Å²) < 4.78 is 0. The molecule has 4 N–H and O–H groups in total. The highest BCUT2D eigenvalue weighted by molar-refractivity contribution is 5.63. The predicted octanol–water partition coefficient (Wildman–Crippen LogP) is 4.32. The molecule has 0 radical (unpaired) electrons. The Morgan fingerprint density at radius 1 is 0.536 bits per heavy atom. The quantitative estimate of drug-likeness (QED) is 0.563. The lowest BCUT2D eigenvalue weighted by molar-refractivity contribution is -0.135. The molecule has 0 aromatic heterocycles. The van der Waals surface area contributed by atoms with Gasteiger partial charge < -0.3 is 20.8 Å². The van der Waals surface area contributed by atoms with Gasteiger partial charge in [0.2, 0.25) is 0 Å². The van der Waals surface area contributed by atoms with E-state index >= 15 is 0 Å². The zero-order valence-electron chi connectivity index (χ0n) is 17.9. The highest BCUT2D eigenvalue weighted by Crippen LogP contribution is 2.25. The van der Waals surface area contributed by atoms with E-state index in [4.69, 9.17) is 19.8 Å². The van der Waals surface area contributed by atoms with Crippen LogP contribution >= 0.6 is 0 Å². The van der Waals surface area contributed by atoms with Crippen LogP contribution in [0.5, 0.6) is 0 Å². The Bertz CT molecular complexity index is 376. The molecule has 3 aliphatic rings. The van der Waals surface area contributed by atoms with Gasteiger partial charge in [-0.15, -0.1) is 0 Å². The van der Waals surface area contributed by atoms with Crippen LogP contribution in [0.25, 0.3) is 0 Å². The molecular formula is C22H42N2O4. The molecule has 3 fully saturated rings. The van der Waals surface area contributed by atoms with Gasteiger partial charge >= 0.3 is 0 Å². The van der Waals surface area contributed by atoms with Gasteiger partial charge in [-0.2, -0.15) is 0 Å². The van der Waals surface area contributed by atoms with Gasteiger partial charge in [0.05, 0.1) is 0 Å². The first kappa shape index (κ1) is 24.9. The summed E-state index contributed by atoms with van der Waals surface area (Å²) in [5, 5.41) is 22.7.